The summed E-state index contributed by atoms with van der Waals surface area (Å²) in [5.41, 5.74) is 15.2. The fourth-order valence-corrected chi connectivity index (χ4v) is 4.19. The van der Waals surface area contributed by atoms with Gasteiger partial charge in [-0.1, -0.05) is 59.9 Å². The molecule has 0 amide bonds. The van der Waals surface area contributed by atoms with Crippen LogP contribution in [0, 0.1) is 0 Å². The number of hydrogen-bond acceptors (Lipinski definition) is 5. The Morgan fingerprint density at radius 2 is 1.64 bits per heavy atom. The van der Waals surface area contributed by atoms with Crippen molar-refractivity contribution < 1.29 is 0 Å². The molecule has 1 aliphatic rings. The van der Waals surface area contributed by atoms with Gasteiger partial charge in [0.25, 0.3) is 0 Å². The normalized spacial score (nSPS) is 16.3. The number of benzene rings is 3. The van der Waals surface area contributed by atoms with Gasteiger partial charge in [0.15, 0.2) is 5.13 Å². The van der Waals surface area contributed by atoms with Gasteiger partial charge in [-0.15, -0.1) is 0 Å². The maximum absolute atomic E-state index is 5.99. The minimum Gasteiger partial charge on any atom is -0.375 e. The van der Waals surface area contributed by atoms with E-state index in [1.807, 2.05) is 24.3 Å². The maximum Gasteiger partial charge on any atom is 0.181 e. The highest BCUT2D eigenvalue weighted by Gasteiger charge is 2.33. The lowest BCUT2D eigenvalue weighted by Gasteiger charge is -2.21. The van der Waals surface area contributed by atoms with Crippen molar-refractivity contribution >= 4 is 38.1 Å². The lowest BCUT2D eigenvalue weighted by molar-refractivity contribution is 0.670. The van der Waals surface area contributed by atoms with Gasteiger partial charge in [0.1, 0.15) is 0 Å². The summed E-state index contributed by atoms with van der Waals surface area (Å²) in [5.74, 6) is 0. The Balaban J connectivity index is 1.75. The summed E-state index contributed by atoms with van der Waals surface area (Å²) in [4.78, 5) is 4.62. The first kappa shape index (κ1) is 14.5. The van der Waals surface area contributed by atoms with E-state index < -0.39 is 0 Å². The van der Waals surface area contributed by atoms with Crippen molar-refractivity contribution in [1.82, 2.24) is 10.4 Å². The number of para-hydroxylation sites is 1. The van der Waals surface area contributed by atoms with Gasteiger partial charge in [0.05, 0.1) is 27.6 Å². The summed E-state index contributed by atoms with van der Waals surface area (Å²) in [6.07, 6.45) is 0. The van der Waals surface area contributed by atoms with Crippen molar-refractivity contribution in [2.24, 2.45) is 0 Å². The number of nitrogens with two attached hydrogens (primary N) is 1. The Morgan fingerprint density at radius 1 is 0.920 bits per heavy atom. The summed E-state index contributed by atoms with van der Waals surface area (Å²) in [7, 11) is 0. The van der Waals surface area contributed by atoms with Gasteiger partial charge in [-0.05, 0) is 29.8 Å². The van der Waals surface area contributed by atoms with Crippen molar-refractivity contribution in [3.63, 3.8) is 0 Å². The second kappa shape index (κ2) is 5.58. The van der Waals surface area contributed by atoms with Crippen LogP contribution < -0.4 is 16.2 Å². The smallest absolute Gasteiger partial charge is 0.181 e. The van der Waals surface area contributed by atoms with Gasteiger partial charge in [0.2, 0.25) is 0 Å². The molecular formula is C20H16N4S. The predicted molar refractivity (Wildman–Crippen MR) is 104 cm³/mol. The first-order valence-corrected chi connectivity index (χ1v) is 8.98. The number of nitrogens with zero attached hydrogens (tertiary/aromatic N) is 2. The molecule has 5 rings (SSSR count). The zero-order valence-electron chi connectivity index (χ0n) is 13.4. The molecule has 1 aliphatic heterocycles. The van der Waals surface area contributed by atoms with Crippen LogP contribution in [0.4, 0.5) is 16.5 Å². The topological polar surface area (TPSA) is 54.2 Å². The van der Waals surface area contributed by atoms with E-state index in [1.54, 1.807) is 0 Å². The molecule has 122 valence electrons. The van der Waals surface area contributed by atoms with Crippen LogP contribution in [0.15, 0.2) is 72.8 Å². The van der Waals surface area contributed by atoms with Crippen molar-refractivity contribution in [3.05, 3.63) is 83.9 Å². The standard InChI is InChI=1S/C20H16N4S/c21-20-22-19-16(25-20)12-11-15-17(19)18(13-7-3-1-4-8-13)23-24(15)14-9-5-2-6-10-14/h1-12,18,23H,(H2,21,22). The Hall–Kier alpha value is -2.89. The van der Waals surface area contributed by atoms with Crippen molar-refractivity contribution in [2.45, 2.75) is 6.04 Å². The molecule has 1 aromatic heterocycles. The molecule has 4 aromatic rings. The number of nitrogens with one attached hydrogen (secondary N) is 1. The third-order valence-electron chi connectivity index (χ3n) is 4.53. The highest BCUT2D eigenvalue weighted by atomic mass is 32.1. The van der Waals surface area contributed by atoms with E-state index in [0.717, 1.165) is 21.6 Å². The molecule has 0 radical (unpaired) electrons. The van der Waals surface area contributed by atoms with Crippen LogP contribution in [0.2, 0.25) is 0 Å². The molecule has 2 heterocycles. The molecule has 1 atom stereocenters. The zero-order valence-corrected chi connectivity index (χ0v) is 14.2. The molecule has 4 nitrogen and oxygen atoms in total. The number of thiazole rings is 1. The summed E-state index contributed by atoms with van der Waals surface area (Å²) in [6, 6.07) is 25.1. The maximum atomic E-state index is 5.99. The molecule has 25 heavy (non-hydrogen) atoms. The molecule has 5 heteroatoms. The Labute approximate surface area is 149 Å². The summed E-state index contributed by atoms with van der Waals surface area (Å²) < 4.78 is 1.12. The lowest BCUT2D eigenvalue weighted by atomic mass is 9.98. The molecular weight excluding hydrogens is 328 g/mol. The van der Waals surface area contributed by atoms with Crippen LogP contribution in [-0.2, 0) is 0 Å². The van der Waals surface area contributed by atoms with Gasteiger partial charge in [-0.3, -0.25) is 5.01 Å². The average molecular weight is 344 g/mol. The molecule has 0 bridgehead atoms. The Morgan fingerprint density at radius 3 is 2.40 bits per heavy atom. The molecule has 1 unspecified atom stereocenters. The fourth-order valence-electron chi connectivity index (χ4n) is 3.44. The minimum absolute atomic E-state index is 0.0432. The third kappa shape index (κ3) is 2.28. The SMILES string of the molecule is Nc1nc2c3c(ccc2s1)N(c1ccccc1)NC3c1ccccc1. The Kier molecular flexibility index (Phi) is 3.23. The number of hydrogen-bond donors (Lipinski definition) is 2. The van der Waals surface area contributed by atoms with Gasteiger partial charge in [0, 0.05) is 5.56 Å². The van der Waals surface area contributed by atoms with Gasteiger partial charge < -0.3 is 5.73 Å². The van der Waals surface area contributed by atoms with Gasteiger partial charge in [-0.2, -0.15) is 0 Å². The predicted octanol–water partition coefficient (Wildman–Crippen LogP) is 4.62. The van der Waals surface area contributed by atoms with Crippen molar-refractivity contribution in [2.75, 3.05) is 10.7 Å². The lowest BCUT2D eigenvalue weighted by Crippen LogP contribution is -2.30. The highest BCUT2D eigenvalue weighted by Crippen LogP contribution is 2.45. The summed E-state index contributed by atoms with van der Waals surface area (Å²) in [5, 5.41) is 2.75. The minimum atomic E-state index is 0.0432. The number of aromatic nitrogens is 1. The molecule has 0 fully saturated rings. The largest absolute Gasteiger partial charge is 0.375 e. The van der Waals surface area contributed by atoms with E-state index in [2.05, 4.69) is 63.9 Å². The van der Waals surface area contributed by atoms with Crippen LogP contribution >= 0.6 is 11.3 Å². The van der Waals surface area contributed by atoms with Gasteiger partial charge in [-0.25, -0.2) is 10.4 Å². The fraction of sp³-hybridized carbons (Fsp3) is 0.0500. The molecule has 0 saturated carbocycles. The van der Waals surface area contributed by atoms with Crippen LogP contribution in [0.5, 0.6) is 0 Å². The van der Waals surface area contributed by atoms with Gasteiger partial charge >= 0.3 is 0 Å². The van der Waals surface area contributed by atoms with Crippen LogP contribution in [-0.4, -0.2) is 4.98 Å². The quantitative estimate of drug-likeness (QED) is 0.557. The van der Waals surface area contributed by atoms with Crippen molar-refractivity contribution in [3.8, 4) is 0 Å². The van der Waals surface area contributed by atoms with Crippen molar-refractivity contribution in [1.29, 1.82) is 0 Å². The first-order valence-electron chi connectivity index (χ1n) is 8.16. The third-order valence-corrected chi connectivity index (χ3v) is 5.38. The van der Waals surface area contributed by atoms with Crippen LogP contribution in [0.3, 0.4) is 0 Å². The molecule has 0 aliphatic carbocycles. The van der Waals surface area contributed by atoms with E-state index in [4.69, 9.17) is 5.73 Å². The Bertz CT molecular complexity index is 1040. The highest BCUT2D eigenvalue weighted by molar-refractivity contribution is 7.22. The van der Waals surface area contributed by atoms with E-state index >= 15 is 0 Å². The first-order chi connectivity index (χ1) is 12.3. The number of rotatable bonds is 2. The number of hydrazine groups is 1. The van der Waals surface area contributed by atoms with E-state index in [0.29, 0.717) is 5.13 Å². The average Bonchev–Trinajstić information content (AvgIpc) is 3.23. The molecule has 0 spiro atoms. The summed E-state index contributed by atoms with van der Waals surface area (Å²) >= 11 is 1.53. The second-order valence-corrected chi connectivity index (χ2v) is 7.10. The molecule has 3 N–H and O–H groups in total. The van der Waals surface area contributed by atoms with Crippen LogP contribution in [0.25, 0.3) is 10.2 Å². The number of fused-ring (bicyclic) bond motifs is 3. The number of nitrogen functional groups attached to an aromatic ring is 1. The summed E-state index contributed by atoms with van der Waals surface area (Å²) in [6.45, 7) is 0. The molecule has 3 aromatic carbocycles. The molecule has 0 saturated heterocycles. The monoisotopic (exact) mass is 344 g/mol. The zero-order chi connectivity index (χ0) is 16.8. The second-order valence-electron chi connectivity index (χ2n) is 6.04. The van der Waals surface area contributed by atoms with E-state index in [1.165, 1.54) is 22.5 Å². The number of anilines is 3. The van der Waals surface area contributed by atoms with E-state index in [-0.39, 0.29) is 6.04 Å². The van der Waals surface area contributed by atoms with Crippen LogP contribution in [0.1, 0.15) is 17.2 Å². The van der Waals surface area contributed by atoms with E-state index in [9.17, 15) is 0 Å².